The third-order valence-corrected chi connectivity index (χ3v) is 7.92. The minimum absolute atomic E-state index is 0.238. The molecule has 5 rings (SSSR count). The van der Waals surface area contributed by atoms with Crippen molar-refractivity contribution >= 4 is 32.6 Å². The van der Waals surface area contributed by atoms with E-state index in [1.807, 2.05) is 29.1 Å². The minimum Gasteiger partial charge on any atom is -0.324 e. The zero-order valence-corrected chi connectivity index (χ0v) is 22.1. The molecule has 1 saturated heterocycles. The lowest BCUT2D eigenvalue weighted by atomic mass is 10.1. The zero-order chi connectivity index (χ0) is 25.8. The molecule has 2 aromatic carbocycles. The van der Waals surface area contributed by atoms with Crippen LogP contribution in [-0.2, 0) is 16.6 Å². The van der Waals surface area contributed by atoms with Crippen LogP contribution in [0.15, 0.2) is 66.0 Å². The van der Waals surface area contributed by atoms with Crippen LogP contribution < -0.4 is 10.0 Å². The number of hydrogen-bond donors (Lipinski definition) is 2. The zero-order valence-electron chi connectivity index (χ0n) is 21.3. The van der Waals surface area contributed by atoms with Gasteiger partial charge in [-0.2, -0.15) is 5.10 Å². The van der Waals surface area contributed by atoms with Crippen molar-refractivity contribution in [3.63, 3.8) is 0 Å². The Kier molecular flexibility index (Phi) is 7.50. The van der Waals surface area contributed by atoms with E-state index in [2.05, 4.69) is 50.0 Å². The number of benzene rings is 2. The van der Waals surface area contributed by atoms with Gasteiger partial charge in [-0.15, -0.1) is 0 Å². The third-order valence-electron chi connectivity index (χ3n) is 6.44. The van der Waals surface area contributed by atoms with Gasteiger partial charge in [-0.05, 0) is 67.7 Å². The lowest BCUT2D eigenvalue weighted by Crippen LogP contribution is -2.33. The molecule has 0 atom stereocenters. The quantitative estimate of drug-likeness (QED) is 0.322. The molecule has 1 fully saturated rings. The molecule has 10 heteroatoms. The predicted octanol–water partition coefficient (Wildman–Crippen LogP) is 4.27. The number of anilines is 2. The molecule has 0 saturated carbocycles. The maximum absolute atomic E-state index is 12.6. The number of aromatic nitrogens is 4. The summed E-state index contributed by atoms with van der Waals surface area (Å²) in [4.78, 5) is 11.6. The molecule has 0 bridgehead atoms. The largest absolute Gasteiger partial charge is 0.324 e. The molecular formula is C27H33N7O2S. The molecule has 0 aliphatic carbocycles. The van der Waals surface area contributed by atoms with Crippen molar-refractivity contribution in [1.29, 1.82) is 0 Å². The topological polar surface area (TPSA) is 105 Å². The van der Waals surface area contributed by atoms with E-state index in [4.69, 9.17) is 0 Å². The summed E-state index contributed by atoms with van der Waals surface area (Å²) in [5.41, 5.74) is 3.61. The summed E-state index contributed by atoms with van der Waals surface area (Å²) in [5, 5.41) is 8.58. The van der Waals surface area contributed by atoms with Crippen molar-refractivity contribution in [3.05, 3.63) is 61.1 Å². The van der Waals surface area contributed by atoms with Gasteiger partial charge in [0.2, 0.25) is 16.0 Å². The average Bonchev–Trinajstić information content (AvgIpc) is 3.56. The van der Waals surface area contributed by atoms with Crippen molar-refractivity contribution in [3.8, 4) is 11.1 Å². The third kappa shape index (κ3) is 6.33. The van der Waals surface area contributed by atoms with Gasteiger partial charge in [0.1, 0.15) is 0 Å². The van der Waals surface area contributed by atoms with Gasteiger partial charge in [0.05, 0.1) is 16.6 Å². The first-order chi connectivity index (χ1) is 17.9. The first kappa shape index (κ1) is 25.3. The first-order valence-electron chi connectivity index (χ1n) is 12.7. The highest BCUT2D eigenvalue weighted by Crippen LogP contribution is 2.25. The monoisotopic (exact) mass is 519 g/mol. The number of fused-ring (bicyclic) bond motifs is 1. The van der Waals surface area contributed by atoms with Crippen molar-refractivity contribution in [2.24, 2.45) is 5.92 Å². The Morgan fingerprint density at radius 1 is 1.00 bits per heavy atom. The van der Waals surface area contributed by atoms with E-state index in [1.54, 1.807) is 30.5 Å². The number of likely N-dealkylation sites (tertiary alicyclic amines) is 1. The summed E-state index contributed by atoms with van der Waals surface area (Å²) < 4.78 is 30.0. The van der Waals surface area contributed by atoms with Crippen LogP contribution >= 0.6 is 0 Å². The van der Waals surface area contributed by atoms with Crippen LogP contribution in [0.1, 0.15) is 26.7 Å². The number of hydrogen-bond acceptors (Lipinski definition) is 7. The summed E-state index contributed by atoms with van der Waals surface area (Å²) in [7, 11) is -3.55. The van der Waals surface area contributed by atoms with Gasteiger partial charge < -0.3 is 10.2 Å². The molecule has 4 aromatic rings. The van der Waals surface area contributed by atoms with Gasteiger partial charge in [0, 0.05) is 48.7 Å². The molecule has 37 heavy (non-hydrogen) atoms. The Balaban J connectivity index is 1.25. The van der Waals surface area contributed by atoms with Gasteiger partial charge in [-0.1, -0.05) is 26.0 Å². The Hall–Kier alpha value is -3.34. The van der Waals surface area contributed by atoms with Crippen LogP contribution in [0.25, 0.3) is 22.0 Å². The fraction of sp³-hybridized carbons (Fsp3) is 0.370. The molecule has 3 heterocycles. The molecule has 194 valence electrons. The molecule has 0 radical (unpaired) electrons. The fourth-order valence-electron chi connectivity index (χ4n) is 4.52. The van der Waals surface area contributed by atoms with E-state index in [9.17, 15) is 8.42 Å². The summed E-state index contributed by atoms with van der Waals surface area (Å²) in [5.74, 6) is 0.968. The fourth-order valence-corrected chi connectivity index (χ4v) is 5.54. The van der Waals surface area contributed by atoms with Crippen LogP contribution in [0.5, 0.6) is 0 Å². The van der Waals surface area contributed by atoms with Gasteiger partial charge in [-0.25, -0.2) is 23.1 Å². The normalized spacial score (nSPS) is 14.6. The molecule has 0 amide bonds. The summed E-state index contributed by atoms with van der Waals surface area (Å²) in [6, 6.07) is 12.7. The van der Waals surface area contributed by atoms with E-state index in [0.717, 1.165) is 48.2 Å². The van der Waals surface area contributed by atoms with Crippen LogP contribution in [0.3, 0.4) is 0 Å². The lowest BCUT2D eigenvalue weighted by molar-refractivity contribution is 0.344. The van der Waals surface area contributed by atoms with Crippen molar-refractivity contribution in [2.45, 2.75) is 38.1 Å². The number of nitrogens with one attached hydrogen (secondary N) is 2. The number of nitrogens with zero attached hydrogens (tertiary/aromatic N) is 5. The predicted molar refractivity (Wildman–Crippen MR) is 146 cm³/mol. The Labute approximate surface area is 218 Å². The maximum Gasteiger partial charge on any atom is 0.240 e. The van der Waals surface area contributed by atoms with Gasteiger partial charge >= 0.3 is 0 Å². The van der Waals surface area contributed by atoms with Gasteiger partial charge in [0.15, 0.2) is 0 Å². The lowest BCUT2D eigenvalue weighted by Gasteiger charge is -2.15. The van der Waals surface area contributed by atoms with E-state index >= 15 is 0 Å². The molecule has 9 nitrogen and oxygen atoms in total. The molecule has 2 aromatic heterocycles. The van der Waals surface area contributed by atoms with Crippen LogP contribution in [0.4, 0.5) is 11.6 Å². The van der Waals surface area contributed by atoms with E-state index < -0.39 is 10.0 Å². The van der Waals surface area contributed by atoms with E-state index in [-0.39, 0.29) is 4.90 Å². The van der Waals surface area contributed by atoms with Gasteiger partial charge in [0.25, 0.3) is 0 Å². The first-order valence-corrected chi connectivity index (χ1v) is 14.2. The summed E-state index contributed by atoms with van der Waals surface area (Å²) in [6.45, 7) is 8.45. The second-order valence-corrected chi connectivity index (χ2v) is 11.7. The Morgan fingerprint density at radius 2 is 1.78 bits per heavy atom. The van der Waals surface area contributed by atoms with E-state index in [0.29, 0.717) is 24.1 Å². The summed E-state index contributed by atoms with van der Waals surface area (Å²) in [6.07, 6.45) is 8.08. The molecule has 1 aliphatic rings. The number of sulfonamides is 1. The second-order valence-electron chi connectivity index (χ2n) is 9.91. The molecule has 0 spiro atoms. The van der Waals surface area contributed by atoms with Crippen LogP contribution in [-0.4, -0.2) is 59.2 Å². The summed E-state index contributed by atoms with van der Waals surface area (Å²) >= 11 is 0. The molecule has 1 aliphatic heterocycles. The average molecular weight is 520 g/mol. The molecular weight excluding hydrogens is 486 g/mol. The standard InChI is InChI=1S/C27H33N7O2S/c1-20(2)18-34-19-23(17-29-34)21-5-6-22-16-28-27(32-26(22)15-21)31-24-7-9-25(10-8-24)37(35,36)30-11-14-33-12-3-4-13-33/h5-10,15-17,19-20,30H,3-4,11-14,18H2,1-2H3,(H,28,31,32). The highest BCUT2D eigenvalue weighted by molar-refractivity contribution is 7.89. The van der Waals surface area contributed by atoms with Crippen molar-refractivity contribution < 1.29 is 8.42 Å². The smallest absolute Gasteiger partial charge is 0.240 e. The van der Waals surface area contributed by atoms with Crippen molar-refractivity contribution in [1.82, 2.24) is 29.4 Å². The second kappa shape index (κ2) is 11.0. The maximum atomic E-state index is 12.6. The minimum atomic E-state index is -3.55. The Bertz CT molecular complexity index is 1460. The van der Waals surface area contributed by atoms with Crippen LogP contribution in [0, 0.1) is 5.92 Å². The number of rotatable bonds is 10. The highest BCUT2D eigenvalue weighted by atomic mass is 32.2. The Morgan fingerprint density at radius 3 is 2.54 bits per heavy atom. The van der Waals surface area contributed by atoms with Crippen LogP contribution in [0.2, 0.25) is 0 Å². The molecule has 0 unspecified atom stereocenters. The molecule has 2 N–H and O–H groups in total. The SMILES string of the molecule is CC(C)Cn1cc(-c2ccc3cnc(Nc4ccc(S(=O)(=O)NCCN5CCCC5)cc4)nc3c2)cn1. The van der Waals surface area contributed by atoms with Gasteiger partial charge in [-0.3, -0.25) is 4.68 Å². The highest BCUT2D eigenvalue weighted by Gasteiger charge is 2.16. The van der Waals surface area contributed by atoms with Crippen molar-refractivity contribution in [2.75, 3.05) is 31.5 Å². The van der Waals surface area contributed by atoms with E-state index in [1.165, 1.54) is 12.8 Å².